The maximum absolute atomic E-state index is 2.73. The molecule has 144 valence electrons. The third-order valence-electron chi connectivity index (χ3n) is 6.05. The predicted octanol–water partition coefficient (Wildman–Crippen LogP) is 7.73. The van der Waals surface area contributed by atoms with E-state index in [4.69, 9.17) is 0 Å². The standard InChI is InChI=1S/C23H47N/c1-3-5-6-7-8-9-10-11-12-13-14-15-16-17-20-23-21-18-19-22-24(23)4-2/h23H,3-22H2,1-2H3. The largest absolute Gasteiger partial charge is 0.301 e. The smallest absolute Gasteiger partial charge is 0.00951 e. The second-order valence-corrected chi connectivity index (χ2v) is 8.16. The molecule has 0 saturated carbocycles. The molecule has 1 aliphatic heterocycles. The average Bonchev–Trinajstić information content (AvgIpc) is 2.62. The zero-order valence-corrected chi connectivity index (χ0v) is 17.2. The summed E-state index contributed by atoms with van der Waals surface area (Å²) in [6.07, 6.45) is 26.4. The van der Waals surface area contributed by atoms with Gasteiger partial charge in [0.15, 0.2) is 0 Å². The van der Waals surface area contributed by atoms with Crippen LogP contribution in [0.25, 0.3) is 0 Å². The van der Waals surface area contributed by atoms with E-state index in [-0.39, 0.29) is 0 Å². The summed E-state index contributed by atoms with van der Waals surface area (Å²) in [5.41, 5.74) is 0. The van der Waals surface area contributed by atoms with Gasteiger partial charge in [0.05, 0.1) is 0 Å². The Balaban J connectivity index is 1.77. The Morgan fingerprint density at radius 2 is 1.12 bits per heavy atom. The van der Waals surface area contributed by atoms with E-state index in [1.165, 1.54) is 129 Å². The SMILES string of the molecule is CCCCCCCCCCCCCCCCC1CCCCN1CC. The minimum absolute atomic E-state index is 0.918. The van der Waals surface area contributed by atoms with Crippen LogP contribution >= 0.6 is 0 Å². The second kappa shape index (κ2) is 16.4. The first-order chi connectivity index (χ1) is 11.9. The highest BCUT2D eigenvalue weighted by Crippen LogP contribution is 2.22. The van der Waals surface area contributed by atoms with E-state index >= 15 is 0 Å². The van der Waals surface area contributed by atoms with Crippen molar-refractivity contribution in [3.8, 4) is 0 Å². The molecule has 0 aliphatic carbocycles. The zero-order chi connectivity index (χ0) is 17.3. The van der Waals surface area contributed by atoms with Crippen LogP contribution in [0.15, 0.2) is 0 Å². The van der Waals surface area contributed by atoms with Crippen LogP contribution in [0.5, 0.6) is 0 Å². The molecule has 0 bridgehead atoms. The van der Waals surface area contributed by atoms with Gasteiger partial charge in [0, 0.05) is 6.04 Å². The fraction of sp³-hybridized carbons (Fsp3) is 1.00. The molecule has 0 radical (unpaired) electrons. The van der Waals surface area contributed by atoms with Gasteiger partial charge < -0.3 is 4.90 Å². The summed E-state index contributed by atoms with van der Waals surface area (Å²) >= 11 is 0. The van der Waals surface area contributed by atoms with Crippen LogP contribution in [0.4, 0.5) is 0 Å². The van der Waals surface area contributed by atoms with Gasteiger partial charge in [-0.25, -0.2) is 0 Å². The van der Waals surface area contributed by atoms with Gasteiger partial charge in [0.1, 0.15) is 0 Å². The van der Waals surface area contributed by atoms with E-state index in [0.29, 0.717) is 0 Å². The fourth-order valence-corrected chi connectivity index (χ4v) is 4.38. The van der Waals surface area contributed by atoms with Crippen LogP contribution in [0.3, 0.4) is 0 Å². The third kappa shape index (κ3) is 11.5. The van der Waals surface area contributed by atoms with E-state index in [2.05, 4.69) is 18.7 Å². The molecule has 1 heterocycles. The first-order valence-electron chi connectivity index (χ1n) is 11.6. The Kier molecular flexibility index (Phi) is 15.1. The van der Waals surface area contributed by atoms with Crippen molar-refractivity contribution < 1.29 is 0 Å². The van der Waals surface area contributed by atoms with Crippen molar-refractivity contribution in [2.24, 2.45) is 0 Å². The highest BCUT2D eigenvalue weighted by atomic mass is 15.2. The molecular formula is C23H47N. The molecular weight excluding hydrogens is 290 g/mol. The van der Waals surface area contributed by atoms with Crippen LogP contribution in [0, 0.1) is 0 Å². The van der Waals surface area contributed by atoms with Crippen molar-refractivity contribution in [1.29, 1.82) is 0 Å². The summed E-state index contributed by atoms with van der Waals surface area (Å²) in [6.45, 7) is 7.27. The number of hydrogen-bond acceptors (Lipinski definition) is 1. The number of nitrogens with zero attached hydrogens (tertiary/aromatic N) is 1. The Morgan fingerprint density at radius 1 is 0.625 bits per heavy atom. The van der Waals surface area contributed by atoms with Gasteiger partial charge in [-0.15, -0.1) is 0 Å². The van der Waals surface area contributed by atoms with Gasteiger partial charge in [0.2, 0.25) is 0 Å². The van der Waals surface area contributed by atoms with E-state index < -0.39 is 0 Å². The van der Waals surface area contributed by atoms with Crippen LogP contribution in [-0.4, -0.2) is 24.0 Å². The van der Waals surface area contributed by atoms with Gasteiger partial charge in [-0.1, -0.05) is 110 Å². The lowest BCUT2D eigenvalue weighted by atomic mass is 9.96. The Labute approximate surface area is 154 Å². The van der Waals surface area contributed by atoms with E-state index in [1.54, 1.807) is 0 Å². The van der Waals surface area contributed by atoms with E-state index in [0.717, 1.165) is 6.04 Å². The highest BCUT2D eigenvalue weighted by Gasteiger charge is 2.19. The topological polar surface area (TPSA) is 3.24 Å². The minimum Gasteiger partial charge on any atom is -0.301 e. The molecule has 24 heavy (non-hydrogen) atoms. The van der Waals surface area contributed by atoms with Gasteiger partial charge in [-0.2, -0.15) is 0 Å². The number of hydrogen-bond donors (Lipinski definition) is 0. The lowest BCUT2D eigenvalue weighted by molar-refractivity contribution is 0.145. The normalized spacial score (nSPS) is 19.0. The number of likely N-dealkylation sites (tertiary alicyclic amines) is 1. The average molecular weight is 338 g/mol. The molecule has 0 N–H and O–H groups in total. The van der Waals surface area contributed by atoms with Gasteiger partial charge in [0.25, 0.3) is 0 Å². The molecule has 1 atom stereocenters. The summed E-state index contributed by atoms with van der Waals surface area (Å²) in [7, 11) is 0. The number of piperidine rings is 1. The Morgan fingerprint density at radius 3 is 1.62 bits per heavy atom. The minimum atomic E-state index is 0.918. The Bertz CT molecular complexity index is 250. The second-order valence-electron chi connectivity index (χ2n) is 8.16. The van der Waals surface area contributed by atoms with Crippen molar-refractivity contribution in [1.82, 2.24) is 4.90 Å². The van der Waals surface area contributed by atoms with Crippen LogP contribution in [0.2, 0.25) is 0 Å². The fourth-order valence-electron chi connectivity index (χ4n) is 4.38. The molecule has 1 saturated heterocycles. The summed E-state index contributed by atoms with van der Waals surface area (Å²) < 4.78 is 0. The maximum Gasteiger partial charge on any atom is 0.00951 e. The van der Waals surface area contributed by atoms with Gasteiger partial charge >= 0.3 is 0 Å². The molecule has 1 fully saturated rings. The maximum atomic E-state index is 2.73. The zero-order valence-electron chi connectivity index (χ0n) is 17.2. The number of rotatable bonds is 16. The first-order valence-corrected chi connectivity index (χ1v) is 11.6. The van der Waals surface area contributed by atoms with Crippen molar-refractivity contribution in [2.75, 3.05) is 13.1 Å². The van der Waals surface area contributed by atoms with Crippen LogP contribution < -0.4 is 0 Å². The molecule has 1 unspecified atom stereocenters. The van der Waals surface area contributed by atoms with Crippen LogP contribution in [-0.2, 0) is 0 Å². The summed E-state index contributed by atoms with van der Waals surface area (Å²) in [4.78, 5) is 2.73. The van der Waals surface area contributed by atoms with Crippen LogP contribution in [0.1, 0.15) is 129 Å². The molecule has 0 amide bonds. The lowest BCUT2D eigenvalue weighted by Gasteiger charge is -2.35. The predicted molar refractivity (Wildman–Crippen MR) is 110 cm³/mol. The monoisotopic (exact) mass is 337 g/mol. The Hall–Kier alpha value is -0.0400. The highest BCUT2D eigenvalue weighted by molar-refractivity contribution is 4.75. The summed E-state index contributed by atoms with van der Waals surface area (Å²) in [5.74, 6) is 0. The number of unbranched alkanes of at least 4 members (excludes halogenated alkanes) is 13. The first kappa shape index (κ1) is 22.0. The quantitative estimate of drug-likeness (QED) is 0.260. The molecule has 0 spiro atoms. The van der Waals surface area contributed by atoms with E-state index in [1.807, 2.05) is 0 Å². The summed E-state index contributed by atoms with van der Waals surface area (Å²) in [5, 5.41) is 0. The lowest BCUT2D eigenvalue weighted by Crippen LogP contribution is -2.39. The molecule has 1 aliphatic rings. The molecule has 0 aromatic carbocycles. The molecule has 1 rings (SSSR count). The molecule has 0 aromatic heterocycles. The van der Waals surface area contributed by atoms with Crippen molar-refractivity contribution in [2.45, 2.75) is 135 Å². The van der Waals surface area contributed by atoms with Gasteiger partial charge in [-0.05, 0) is 32.4 Å². The van der Waals surface area contributed by atoms with Gasteiger partial charge in [-0.3, -0.25) is 0 Å². The van der Waals surface area contributed by atoms with E-state index in [9.17, 15) is 0 Å². The van der Waals surface area contributed by atoms with Crippen molar-refractivity contribution >= 4 is 0 Å². The molecule has 0 aromatic rings. The molecule has 1 heteroatoms. The van der Waals surface area contributed by atoms with Crippen molar-refractivity contribution in [3.05, 3.63) is 0 Å². The third-order valence-corrected chi connectivity index (χ3v) is 6.05. The van der Waals surface area contributed by atoms with Crippen molar-refractivity contribution in [3.63, 3.8) is 0 Å². The summed E-state index contributed by atoms with van der Waals surface area (Å²) in [6, 6.07) is 0.918. The molecule has 1 nitrogen and oxygen atoms in total.